The standard InChI is InChI=1S/C22H24ClF3N2O3S/c1-15-3-6-18(7-4-15)32(30,31)28(14-21(29)27-11-9-16(2)10-12-27)17-5-8-20(23)19(13-17)22(24,25)26/h3-8,13,16H,9-12,14H2,1-2H3. The molecule has 0 unspecified atom stereocenters. The van der Waals surface area contributed by atoms with Gasteiger partial charge in [-0.15, -0.1) is 0 Å². The van der Waals surface area contributed by atoms with Gasteiger partial charge in [-0.2, -0.15) is 13.2 Å². The Kier molecular flexibility index (Phi) is 7.09. The van der Waals surface area contributed by atoms with Crippen molar-refractivity contribution in [1.82, 2.24) is 4.90 Å². The van der Waals surface area contributed by atoms with E-state index < -0.39 is 39.2 Å². The van der Waals surface area contributed by atoms with Gasteiger partial charge in [-0.05, 0) is 56.0 Å². The van der Waals surface area contributed by atoms with Gasteiger partial charge in [0, 0.05) is 13.1 Å². The van der Waals surface area contributed by atoms with E-state index in [0.29, 0.717) is 25.1 Å². The molecular weight excluding hydrogens is 465 g/mol. The van der Waals surface area contributed by atoms with E-state index in [2.05, 4.69) is 6.92 Å². The molecule has 1 amide bonds. The van der Waals surface area contributed by atoms with E-state index in [9.17, 15) is 26.4 Å². The number of sulfonamides is 1. The van der Waals surface area contributed by atoms with Crippen molar-refractivity contribution < 1.29 is 26.4 Å². The van der Waals surface area contributed by atoms with Gasteiger partial charge in [0.05, 0.1) is 21.2 Å². The minimum absolute atomic E-state index is 0.119. The second-order valence-corrected chi connectivity index (χ2v) is 10.3. The number of carbonyl (C=O) groups is 1. The largest absolute Gasteiger partial charge is 0.417 e. The van der Waals surface area contributed by atoms with Crippen LogP contribution in [0.5, 0.6) is 0 Å². The molecule has 0 aromatic heterocycles. The molecule has 1 saturated heterocycles. The highest BCUT2D eigenvalue weighted by molar-refractivity contribution is 7.92. The number of halogens is 4. The maximum atomic E-state index is 13.4. The number of amides is 1. The van der Waals surface area contributed by atoms with Crippen LogP contribution < -0.4 is 4.31 Å². The molecule has 3 rings (SSSR count). The summed E-state index contributed by atoms with van der Waals surface area (Å²) >= 11 is 5.71. The van der Waals surface area contributed by atoms with Crippen LogP contribution in [0.3, 0.4) is 0 Å². The first-order valence-electron chi connectivity index (χ1n) is 10.1. The van der Waals surface area contributed by atoms with E-state index >= 15 is 0 Å². The Morgan fingerprint density at radius 2 is 1.72 bits per heavy atom. The fourth-order valence-electron chi connectivity index (χ4n) is 3.52. The molecule has 2 aromatic rings. The average Bonchev–Trinajstić information content (AvgIpc) is 2.72. The van der Waals surface area contributed by atoms with Crippen LogP contribution in [0.25, 0.3) is 0 Å². The van der Waals surface area contributed by atoms with Crippen LogP contribution in [-0.2, 0) is 21.0 Å². The third-order valence-corrected chi connectivity index (χ3v) is 7.69. The number of hydrogen-bond acceptors (Lipinski definition) is 3. The first-order chi connectivity index (χ1) is 14.9. The lowest BCUT2D eigenvalue weighted by molar-refractivity contribution is -0.137. The zero-order chi connectivity index (χ0) is 23.7. The molecule has 0 N–H and O–H groups in total. The van der Waals surface area contributed by atoms with Gasteiger partial charge in [0.15, 0.2) is 0 Å². The number of nitrogens with zero attached hydrogens (tertiary/aromatic N) is 2. The number of benzene rings is 2. The second kappa shape index (κ2) is 9.31. The van der Waals surface area contributed by atoms with Crippen molar-refractivity contribution >= 4 is 33.2 Å². The highest BCUT2D eigenvalue weighted by atomic mass is 35.5. The molecule has 2 aromatic carbocycles. The minimum atomic E-state index is -4.78. The number of carbonyl (C=O) groups excluding carboxylic acids is 1. The quantitative estimate of drug-likeness (QED) is 0.587. The van der Waals surface area contributed by atoms with Crippen molar-refractivity contribution in [2.24, 2.45) is 5.92 Å². The van der Waals surface area contributed by atoms with Crippen molar-refractivity contribution in [2.75, 3.05) is 23.9 Å². The molecule has 1 aliphatic heterocycles. The van der Waals surface area contributed by atoms with Gasteiger partial charge < -0.3 is 4.90 Å². The number of hydrogen-bond donors (Lipinski definition) is 0. The van der Waals surface area contributed by atoms with E-state index in [1.807, 2.05) is 0 Å². The Hall–Kier alpha value is -2.26. The SMILES string of the molecule is Cc1ccc(S(=O)(=O)N(CC(=O)N2CCC(C)CC2)c2ccc(Cl)c(C(F)(F)F)c2)cc1. The van der Waals surface area contributed by atoms with Crippen LogP contribution in [0.1, 0.15) is 30.9 Å². The molecule has 0 atom stereocenters. The number of likely N-dealkylation sites (tertiary alicyclic amines) is 1. The van der Waals surface area contributed by atoms with Crippen molar-refractivity contribution in [3.63, 3.8) is 0 Å². The maximum absolute atomic E-state index is 13.4. The zero-order valence-electron chi connectivity index (χ0n) is 17.7. The molecule has 0 radical (unpaired) electrons. The zero-order valence-corrected chi connectivity index (χ0v) is 19.3. The lowest BCUT2D eigenvalue weighted by atomic mass is 9.99. The Morgan fingerprint density at radius 3 is 2.28 bits per heavy atom. The number of alkyl halides is 3. The van der Waals surface area contributed by atoms with Gasteiger partial charge in [0.25, 0.3) is 10.0 Å². The predicted molar refractivity (Wildman–Crippen MR) is 117 cm³/mol. The summed E-state index contributed by atoms with van der Waals surface area (Å²) in [7, 11) is -4.32. The van der Waals surface area contributed by atoms with E-state index in [0.717, 1.165) is 28.8 Å². The summed E-state index contributed by atoms with van der Waals surface area (Å²) in [5, 5.41) is -0.551. The molecule has 174 valence electrons. The molecule has 1 fully saturated rings. The van der Waals surface area contributed by atoms with Crippen LogP contribution in [-0.4, -0.2) is 38.9 Å². The van der Waals surface area contributed by atoms with Crippen LogP contribution in [0.4, 0.5) is 18.9 Å². The Labute approximate surface area is 190 Å². The Morgan fingerprint density at radius 1 is 1.12 bits per heavy atom. The summed E-state index contributed by atoms with van der Waals surface area (Å²) in [6.45, 7) is 4.20. The number of anilines is 1. The summed E-state index contributed by atoms with van der Waals surface area (Å²) < 4.78 is 67.8. The Bertz CT molecular complexity index is 1080. The van der Waals surface area contributed by atoms with Crippen LogP contribution in [0, 0.1) is 12.8 Å². The summed E-state index contributed by atoms with van der Waals surface area (Å²) in [5.74, 6) is -0.00634. The number of piperidine rings is 1. The fourth-order valence-corrected chi connectivity index (χ4v) is 5.15. The summed E-state index contributed by atoms with van der Waals surface area (Å²) in [5.41, 5.74) is -0.624. The van der Waals surface area contributed by atoms with Gasteiger partial charge >= 0.3 is 6.18 Å². The molecule has 1 aliphatic rings. The van der Waals surface area contributed by atoms with Gasteiger partial charge in [0.1, 0.15) is 6.54 Å². The van der Waals surface area contributed by atoms with Gasteiger partial charge in [-0.1, -0.05) is 36.2 Å². The van der Waals surface area contributed by atoms with Gasteiger partial charge in [-0.25, -0.2) is 8.42 Å². The van der Waals surface area contributed by atoms with Crippen molar-refractivity contribution in [3.8, 4) is 0 Å². The molecular formula is C22H24ClF3N2O3S. The minimum Gasteiger partial charge on any atom is -0.341 e. The van der Waals surface area contributed by atoms with Gasteiger partial charge in [-0.3, -0.25) is 9.10 Å². The lowest BCUT2D eigenvalue weighted by Crippen LogP contribution is -2.45. The molecule has 0 bridgehead atoms. The second-order valence-electron chi connectivity index (χ2n) is 8.05. The third-order valence-electron chi connectivity index (χ3n) is 5.57. The van der Waals surface area contributed by atoms with E-state index in [1.165, 1.54) is 18.2 Å². The molecule has 0 saturated carbocycles. The first-order valence-corrected chi connectivity index (χ1v) is 12.0. The lowest BCUT2D eigenvalue weighted by Gasteiger charge is -2.33. The van der Waals surface area contributed by atoms with Crippen LogP contribution in [0.2, 0.25) is 5.02 Å². The highest BCUT2D eigenvalue weighted by Crippen LogP contribution is 2.38. The average molecular weight is 489 g/mol. The van der Waals surface area contributed by atoms with Crippen LogP contribution in [0.15, 0.2) is 47.4 Å². The van der Waals surface area contributed by atoms with E-state index in [1.54, 1.807) is 24.0 Å². The normalized spacial score (nSPS) is 15.6. The molecule has 10 heteroatoms. The summed E-state index contributed by atoms with van der Waals surface area (Å²) in [6, 6.07) is 8.74. The third kappa shape index (κ3) is 5.38. The number of aryl methyl sites for hydroxylation is 1. The first kappa shape index (κ1) is 24.4. The van der Waals surface area contributed by atoms with Crippen molar-refractivity contribution in [1.29, 1.82) is 0 Å². The smallest absolute Gasteiger partial charge is 0.341 e. The van der Waals surface area contributed by atoms with Gasteiger partial charge in [0.2, 0.25) is 5.91 Å². The van der Waals surface area contributed by atoms with E-state index in [4.69, 9.17) is 11.6 Å². The molecule has 5 nitrogen and oxygen atoms in total. The van der Waals surface area contributed by atoms with Crippen molar-refractivity contribution in [2.45, 2.75) is 37.8 Å². The monoisotopic (exact) mass is 488 g/mol. The molecule has 0 aliphatic carbocycles. The predicted octanol–water partition coefficient (Wildman–Crippen LogP) is 5.12. The molecule has 0 spiro atoms. The van der Waals surface area contributed by atoms with E-state index in [-0.39, 0.29) is 10.6 Å². The maximum Gasteiger partial charge on any atom is 0.417 e. The fraction of sp³-hybridized carbons (Fsp3) is 0.409. The van der Waals surface area contributed by atoms with Crippen molar-refractivity contribution in [3.05, 3.63) is 58.6 Å². The topological polar surface area (TPSA) is 57.7 Å². The van der Waals surface area contributed by atoms with Crippen LogP contribution >= 0.6 is 11.6 Å². The molecule has 1 heterocycles. The molecule has 32 heavy (non-hydrogen) atoms. The summed E-state index contributed by atoms with van der Waals surface area (Å²) in [4.78, 5) is 14.4. The number of rotatable bonds is 5. The highest BCUT2D eigenvalue weighted by Gasteiger charge is 2.36. The summed E-state index contributed by atoms with van der Waals surface area (Å²) in [6.07, 6.45) is -3.20. The Balaban J connectivity index is 2.03.